The number of nitrogens with zero attached hydrogens (tertiary/aromatic N) is 1. The molecule has 4 heteroatoms. The van der Waals surface area contributed by atoms with E-state index in [1.807, 2.05) is 43.3 Å². The topological polar surface area (TPSA) is 51.2 Å². The van der Waals surface area contributed by atoms with Gasteiger partial charge >= 0.3 is 0 Å². The van der Waals surface area contributed by atoms with Crippen molar-refractivity contribution in [2.45, 2.75) is 19.5 Å². The molecule has 0 aliphatic heterocycles. The van der Waals surface area contributed by atoms with Gasteiger partial charge in [-0.25, -0.2) is 0 Å². The van der Waals surface area contributed by atoms with E-state index < -0.39 is 0 Å². The Morgan fingerprint density at radius 1 is 1.15 bits per heavy atom. The van der Waals surface area contributed by atoms with Crippen LogP contribution in [-0.2, 0) is 6.54 Å². The average molecular weight is 268 g/mol. The van der Waals surface area contributed by atoms with Crippen LogP contribution in [0.25, 0.3) is 0 Å². The predicted molar refractivity (Wildman–Crippen MR) is 75.1 cm³/mol. The van der Waals surface area contributed by atoms with Crippen molar-refractivity contribution in [1.29, 1.82) is 0 Å². The quantitative estimate of drug-likeness (QED) is 0.770. The molecule has 0 aliphatic carbocycles. The normalized spacial score (nSPS) is 12.4. The van der Waals surface area contributed by atoms with E-state index in [2.05, 4.69) is 22.6 Å². The number of benzene rings is 1. The van der Waals surface area contributed by atoms with Crippen LogP contribution < -0.4 is 5.32 Å². The lowest BCUT2D eigenvalue weighted by Crippen LogP contribution is -2.21. The van der Waals surface area contributed by atoms with E-state index >= 15 is 0 Å². The molecule has 20 heavy (non-hydrogen) atoms. The fraction of sp³-hybridized carbons (Fsp3) is 0.188. The molecular formula is C16H16N2O2. The summed E-state index contributed by atoms with van der Waals surface area (Å²) in [7, 11) is 0. The van der Waals surface area contributed by atoms with E-state index in [1.54, 1.807) is 6.26 Å². The van der Waals surface area contributed by atoms with Crippen LogP contribution in [-0.4, -0.2) is 5.16 Å². The van der Waals surface area contributed by atoms with Gasteiger partial charge in [-0.15, -0.1) is 0 Å². The Kier molecular flexibility index (Phi) is 3.65. The molecule has 0 aliphatic rings. The Bertz CT molecular complexity index is 644. The van der Waals surface area contributed by atoms with Crippen molar-refractivity contribution in [3.05, 3.63) is 77.6 Å². The fourth-order valence-electron chi connectivity index (χ4n) is 2.19. The molecule has 3 aromatic rings. The Morgan fingerprint density at radius 2 is 2.00 bits per heavy atom. The molecule has 0 amide bonds. The molecular weight excluding hydrogens is 252 g/mol. The highest BCUT2D eigenvalue weighted by Gasteiger charge is 2.16. The first-order valence-electron chi connectivity index (χ1n) is 6.57. The molecule has 1 aromatic carbocycles. The summed E-state index contributed by atoms with van der Waals surface area (Å²) in [6, 6.07) is 16.0. The Balaban J connectivity index is 1.80. The van der Waals surface area contributed by atoms with Gasteiger partial charge in [-0.1, -0.05) is 35.5 Å². The Hall–Kier alpha value is -2.33. The van der Waals surface area contributed by atoms with Crippen LogP contribution in [0.4, 0.5) is 0 Å². The number of hydrogen-bond acceptors (Lipinski definition) is 4. The molecule has 0 saturated carbocycles. The summed E-state index contributed by atoms with van der Waals surface area (Å²) < 4.78 is 10.8. The standard InChI is InChI=1S/C16H16N2O2/c1-12-10-14(20-18-12)11-17-16(15-8-5-9-19-15)13-6-3-2-4-7-13/h2-10,16-17H,11H2,1H3. The van der Waals surface area contributed by atoms with Crippen molar-refractivity contribution in [3.63, 3.8) is 0 Å². The highest BCUT2D eigenvalue weighted by atomic mass is 16.5. The van der Waals surface area contributed by atoms with Gasteiger partial charge in [0.2, 0.25) is 0 Å². The largest absolute Gasteiger partial charge is 0.467 e. The number of hydrogen-bond donors (Lipinski definition) is 1. The third kappa shape index (κ3) is 2.81. The average Bonchev–Trinajstić information content (AvgIpc) is 3.12. The highest BCUT2D eigenvalue weighted by molar-refractivity contribution is 5.26. The number of nitrogens with one attached hydrogen (secondary N) is 1. The molecule has 1 N–H and O–H groups in total. The van der Waals surface area contributed by atoms with Crippen LogP contribution in [0.2, 0.25) is 0 Å². The number of furan rings is 1. The Labute approximate surface area is 117 Å². The van der Waals surface area contributed by atoms with E-state index in [0.29, 0.717) is 6.54 Å². The highest BCUT2D eigenvalue weighted by Crippen LogP contribution is 2.22. The SMILES string of the molecule is Cc1cc(CNC(c2ccccc2)c2ccco2)on1. The molecule has 1 atom stereocenters. The molecule has 2 aromatic heterocycles. The zero-order valence-corrected chi connectivity index (χ0v) is 11.2. The molecule has 4 nitrogen and oxygen atoms in total. The van der Waals surface area contributed by atoms with Crippen molar-refractivity contribution in [2.24, 2.45) is 0 Å². The fourth-order valence-corrected chi connectivity index (χ4v) is 2.19. The maximum Gasteiger partial charge on any atom is 0.150 e. The summed E-state index contributed by atoms with van der Waals surface area (Å²) in [5.74, 6) is 1.70. The molecule has 2 heterocycles. The lowest BCUT2D eigenvalue weighted by atomic mass is 10.0. The van der Waals surface area contributed by atoms with Gasteiger partial charge in [0.25, 0.3) is 0 Å². The molecule has 1 unspecified atom stereocenters. The molecule has 0 saturated heterocycles. The molecule has 3 rings (SSSR count). The van der Waals surface area contributed by atoms with Crippen LogP contribution >= 0.6 is 0 Å². The summed E-state index contributed by atoms with van der Waals surface area (Å²) in [4.78, 5) is 0. The van der Waals surface area contributed by atoms with Crippen LogP contribution in [0.5, 0.6) is 0 Å². The van der Waals surface area contributed by atoms with Crippen molar-refractivity contribution < 1.29 is 8.94 Å². The van der Waals surface area contributed by atoms with E-state index in [4.69, 9.17) is 8.94 Å². The first-order valence-corrected chi connectivity index (χ1v) is 6.57. The van der Waals surface area contributed by atoms with Gasteiger partial charge in [0.05, 0.1) is 24.5 Å². The van der Waals surface area contributed by atoms with E-state index in [-0.39, 0.29) is 6.04 Å². The van der Waals surface area contributed by atoms with Crippen molar-refractivity contribution in [1.82, 2.24) is 10.5 Å². The predicted octanol–water partition coefficient (Wildman–Crippen LogP) is 3.46. The number of aromatic nitrogens is 1. The maximum atomic E-state index is 5.53. The summed E-state index contributed by atoms with van der Waals surface area (Å²) in [5.41, 5.74) is 2.04. The molecule has 0 bridgehead atoms. The van der Waals surface area contributed by atoms with Gasteiger partial charge in [0.1, 0.15) is 5.76 Å². The molecule has 102 valence electrons. The summed E-state index contributed by atoms with van der Waals surface area (Å²) in [6.45, 7) is 2.51. The van der Waals surface area contributed by atoms with E-state index in [0.717, 1.165) is 22.8 Å². The minimum absolute atomic E-state index is 0.00314. The summed E-state index contributed by atoms with van der Waals surface area (Å²) in [5, 5.41) is 7.33. The van der Waals surface area contributed by atoms with Crippen molar-refractivity contribution in [3.8, 4) is 0 Å². The summed E-state index contributed by atoms with van der Waals surface area (Å²) >= 11 is 0. The van der Waals surface area contributed by atoms with Crippen molar-refractivity contribution in [2.75, 3.05) is 0 Å². The van der Waals surface area contributed by atoms with Gasteiger partial charge in [-0.2, -0.15) is 0 Å². The number of aryl methyl sites for hydroxylation is 1. The summed E-state index contributed by atoms with van der Waals surface area (Å²) in [6.07, 6.45) is 1.69. The third-order valence-electron chi connectivity index (χ3n) is 3.12. The molecule has 0 fully saturated rings. The minimum Gasteiger partial charge on any atom is -0.467 e. The zero-order valence-electron chi connectivity index (χ0n) is 11.2. The van der Waals surface area contributed by atoms with Gasteiger partial charge in [0.15, 0.2) is 5.76 Å². The molecule has 0 radical (unpaired) electrons. The van der Waals surface area contributed by atoms with Gasteiger partial charge in [-0.3, -0.25) is 5.32 Å². The maximum absolute atomic E-state index is 5.53. The van der Waals surface area contributed by atoms with Gasteiger partial charge in [-0.05, 0) is 24.6 Å². The van der Waals surface area contributed by atoms with Crippen LogP contribution in [0.3, 0.4) is 0 Å². The van der Waals surface area contributed by atoms with Crippen LogP contribution in [0.15, 0.2) is 63.7 Å². The third-order valence-corrected chi connectivity index (χ3v) is 3.12. The van der Waals surface area contributed by atoms with Gasteiger partial charge < -0.3 is 8.94 Å². The van der Waals surface area contributed by atoms with Crippen molar-refractivity contribution >= 4 is 0 Å². The monoisotopic (exact) mass is 268 g/mol. The Morgan fingerprint density at radius 3 is 2.65 bits per heavy atom. The second-order valence-electron chi connectivity index (χ2n) is 4.67. The first kappa shape index (κ1) is 12.7. The lowest BCUT2D eigenvalue weighted by Gasteiger charge is -2.16. The van der Waals surface area contributed by atoms with E-state index in [1.165, 1.54) is 0 Å². The smallest absolute Gasteiger partial charge is 0.150 e. The van der Waals surface area contributed by atoms with Crippen LogP contribution in [0.1, 0.15) is 28.8 Å². The minimum atomic E-state index is -0.00314. The second kappa shape index (κ2) is 5.75. The first-order chi connectivity index (χ1) is 9.83. The number of rotatable bonds is 5. The van der Waals surface area contributed by atoms with E-state index in [9.17, 15) is 0 Å². The second-order valence-corrected chi connectivity index (χ2v) is 4.67. The van der Waals surface area contributed by atoms with Crippen LogP contribution in [0, 0.1) is 6.92 Å². The molecule has 0 spiro atoms. The lowest BCUT2D eigenvalue weighted by molar-refractivity contribution is 0.357. The van der Waals surface area contributed by atoms with Gasteiger partial charge in [0, 0.05) is 6.07 Å². The zero-order chi connectivity index (χ0) is 13.8.